The Morgan fingerprint density at radius 1 is 1.08 bits per heavy atom. The summed E-state index contributed by atoms with van der Waals surface area (Å²) in [4.78, 5) is 20.3. The van der Waals surface area contributed by atoms with Crippen LogP contribution in [0.15, 0.2) is 46.6 Å². The number of hydrogen-bond acceptors (Lipinski definition) is 6. The standard InChI is InChI=1S/C32H48N6O/c1-9-10-28(16-22(4)36-32(39)29-11-12-31(34-8)24(6)23(29)5)38-18-26(30(33)19-38)17-35-25(7)37-27-14-20(2)13-21(3)15-27/h11-15,17,22,25,28,34,37H,9-10,16,18-19,33H2,1-8H3,(H,36,39)/b35-17-/t22-,25?,28?/m1/s1. The first-order valence-corrected chi connectivity index (χ1v) is 14.2. The summed E-state index contributed by atoms with van der Waals surface area (Å²) in [5.41, 5.74) is 15.9. The maximum Gasteiger partial charge on any atom is 0.251 e. The summed E-state index contributed by atoms with van der Waals surface area (Å²) in [5.74, 6) is -0.0156. The van der Waals surface area contributed by atoms with Gasteiger partial charge in [0.15, 0.2) is 0 Å². The minimum absolute atomic E-state index is 0.0156. The Morgan fingerprint density at radius 2 is 1.77 bits per heavy atom. The fourth-order valence-corrected chi connectivity index (χ4v) is 5.51. The van der Waals surface area contributed by atoms with Crippen LogP contribution in [0.3, 0.4) is 0 Å². The number of benzene rings is 2. The van der Waals surface area contributed by atoms with Crippen LogP contribution in [0.25, 0.3) is 0 Å². The number of nitrogens with one attached hydrogen (secondary N) is 3. The highest BCUT2D eigenvalue weighted by atomic mass is 16.1. The molecule has 3 rings (SSSR count). The Labute approximate surface area is 235 Å². The summed E-state index contributed by atoms with van der Waals surface area (Å²) in [5, 5.41) is 9.90. The van der Waals surface area contributed by atoms with Crippen LogP contribution in [-0.2, 0) is 0 Å². The van der Waals surface area contributed by atoms with E-state index in [0.717, 1.165) is 71.7 Å². The molecule has 212 valence electrons. The summed E-state index contributed by atoms with van der Waals surface area (Å²) >= 11 is 0. The third kappa shape index (κ3) is 8.09. The average molecular weight is 533 g/mol. The second-order valence-corrected chi connectivity index (χ2v) is 11.1. The molecule has 0 saturated heterocycles. The van der Waals surface area contributed by atoms with Gasteiger partial charge in [-0.25, -0.2) is 0 Å². The Morgan fingerprint density at radius 3 is 2.41 bits per heavy atom. The smallest absolute Gasteiger partial charge is 0.251 e. The third-order valence-electron chi connectivity index (χ3n) is 7.65. The normalized spacial score (nSPS) is 16.4. The molecule has 0 aliphatic carbocycles. The summed E-state index contributed by atoms with van der Waals surface area (Å²) in [6.45, 7) is 16.1. The molecule has 39 heavy (non-hydrogen) atoms. The maximum atomic E-state index is 13.1. The van der Waals surface area contributed by atoms with Crippen molar-refractivity contribution in [2.75, 3.05) is 30.8 Å². The van der Waals surface area contributed by atoms with Gasteiger partial charge in [-0.1, -0.05) is 19.4 Å². The van der Waals surface area contributed by atoms with Crippen molar-refractivity contribution in [1.29, 1.82) is 0 Å². The van der Waals surface area contributed by atoms with Crippen LogP contribution in [-0.4, -0.2) is 55.4 Å². The first kappa shape index (κ1) is 30.2. The fourth-order valence-electron chi connectivity index (χ4n) is 5.51. The van der Waals surface area contributed by atoms with Gasteiger partial charge in [-0.2, -0.15) is 0 Å². The molecule has 0 radical (unpaired) electrons. The van der Waals surface area contributed by atoms with E-state index in [2.05, 4.69) is 73.7 Å². The lowest BCUT2D eigenvalue weighted by molar-refractivity contribution is 0.0928. The molecule has 7 nitrogen and oxygen atoms in total. The highest BCUT2D eigenvalue weighted by Crippen LogP contribution is 2.24. The number of nitrogens with two attached hydrogens (primary N) is 1. The first-order chi connectivity index (χ1) is 18.5. The Balaban J connectivity index is 1.59. The predicted molar refractivity (Wildman–Crippen MR) is 166 cm³/mol. The predicted octanol–water partition coefficient (Wildman–Crippen LogP) is 5.70. The zero-order valence-electron chi connectivity index (χ0n) is 25.1. The van der Waals surface area contributed by atoms with Crippen LogP contribution in [0, 0.1) is 27.7 Å². The van der Waals surface area contributed by atoms with Crippen molar-refractivity contribution in [1.82, 2.24) is 10.2 Å². The topological polar surface area (TPSA) is 94.8 Å². The van der Waals surface area contributed by atoms with E-state index in [-0.39, 0.29) is 18.1 Å². The van der Waals surface area contributed by atoms with Crippen molar-refractivity contribution in [2.45, 2.75) is 86.0 Å². The highest BCUT2D eigenvalue weighted by Gasteiger charge is 2.27. The third-order valence-corrected chi connectivity index (χ3v) is 7.65. The zero-order valence-corrected chi connectivity index (χ0v) is 25.1. The molecule has 1 amide bonds. The first-order valence-electron chi connectivity index (χ1n) is 14.2. The fraction of sp³-hybridized carbons (Fsp3) is 0.500. The van der Waals surface area contributed by atoms with Gasteiger partial charge in [-0.15, -0.1) is 0 Å². The van der Waals surface area contributed by atoms with Crippen molar-refractivity contribution in [3.8, 4) is 0 Å². The van der Waals surface area contributed by atoms with E-state index in [0.29, 0.717) is 6.04 Å². The van der Waals surface area contributed by atoms with E-state index in [9.17, 15) is 4.79 Å². The number of nitrogens with zero attached hydrogens (tertiary/aromatic N) is 2. The Kier molecular flexibility index (Phi) is 10.6. The van der Waals surface area contributed by atoms with Crippen molar-refractivity contribution in [2.24, 2.45) is 10.7 Å². The van der Waals surface area contributed by atoms with Gasteiger partial charge in [0.2, 0.25) is 0 Å². The molecule has 0 aromatic heterocycles. The number of hydrogen-bond donors (Lipinski definition) is 4. The molecule has 2 unspecified atom stereocenters. The second kappa shape index (κ2) is 13.7. The minimum atomic E-state index is -0.0588. The largest absolute Gasteiger partial charge is 0.401 e. The zero-order chi connectivity index (χ0) is 28.7. The molecule has 2 aromatic carbocycles. The van der Waals surface area contributed by atoms with Gasteiger partial charge in [0.25, 0.3) is 5.91 Å². The van der Waals surface area contributed by atoms with Gasteiger partial charge in [0.1, 0.15) is 6.17 Å². The number of anilines is 2. The SMILES string of the molecule is CCCC(C[C@@H](C)NC(=O)c1ccc(NC)c(C)c1C)N1CC(N)=C(/C=N\C(C)Nc2cc(C)cc(C)c2)C1. The Bertz CT molecular complexity index is 1200. The van der Waals surface area contributed by atoms with Crippen LogP contribution in [0.5, 0.6) is 0 Å². The van der Waals surface area contributed by atoms with Gasteiger partial charge in [-0.05, 0) is 101 Å². The van der Waals surface area contributed by atoms with Crippen LogP contribution in [0.4, 0.5) is 11.4 Å². The van der Waals surface area contributed by atoms with Crippen molar-refractivity contribution < 1.29 is 4.79 Å². The van der Waals surface area contributed by atoms with Gasteiger partial charge in [0, 0.05) is 66.6 Å². The van der Waals surface area contributed by atoms with Crippen LogP contribution in [0.2, 0.25) is 0 Å². The van der Waals surface area contributed by atoms with E-state index in [4.69, 9.17) is 10.7 Å². The molecular formula is C32H48N6O. The van der Waals surface area contributed by atoms with Crippen molar-refractivity contribution >= 4 is 23.5 Å². The van der Waals surface area contributed by atoms with Crippen molar-refractivity contribution in [3.63, 3.8) is 0 Å². The maximum absolute atomic E-state index is 13.1. The molecular weight excluding hydrogens is 484 g/mol. The molecule has 2 aromatic rings. The average Bonchev–Trinajstić information content (AvgIpc) is 3.23. The summed E-state index contributed by atoms with van der Waals surface area (Å²) in [6, 6.07) is 10.7. The molecule has 0 spiro atoms. The molecule has 1 heterocycles. The van der Waals surface area contributed by atoms with E-state index < -0.39 is 0 Å². The lowest BCUT2D eigenvalue weighted by Crippen LogP contribution is -2.42. The molecule has 0 fully saturated rings. The van der Waals surface area contributed by atoms with Crippen molar-refractivity contribution in [3.05, 3.63) is 69.4 Å². The molecule has 3 atom stereocenters. The summed E-state index contributed by atoms with van der Waals surface area (Å²) in [6.07, 6.45) is 4.87. The number of aryl methyl sites for hydroxylation is 2. The second-order valence-electron chi connectivity index (χ2n) is 11.1. The Hall–Kier alpha value is -3.32. The van der Waals surface area contributed by atoms with Gasteiger partial charge in [-0.3, -0.25) is 14.7 Å². The molecule has 5 N–H and O–H groups in total. The van der Waals surface area contributed by atoms with E-state index >= 15 is 0 Å². The highest BCUT2D eigenvalue weighted by molar-refractivity contribution is 5.96. The van der Waals surface area contributed by atoms with E-state index in [1.807, 2.05) is 39.2 Å². The number of carbonyl (C=O) groups excluding carboxylic acids is 1. The molecule has 0 saturated carbocycles. The van der Waals surface area contributed by atoms with E-state index in [1.165, 1.54) is 11.1 Å². The van der Waals surface area contributed by atoms with Gasteiger partial charge in [0.05, 0.1) is 0 Å². The number of aliphatic imine (C=N–C) groups is 1. The molecule has 0 bridgehead atoms. The molecule has 1 aliphatic rings. The van der Waals surface area contributed by atoms with Gasteiger partial charge >= 0.3 is 0 Å². The summed E-state index contributed by atoms with van der Waals surface area (Å²) < 4.78 is 0. The van der Waals surface area contributed by atoms with Crippen LogP contribution >= 0.6 is 0 Å². The van der Waals surface area contributed by atoms with Crippen LogP contribution in [0.1, 0.15) is 72.6 Å². The molecule has 7 heteroatoms. The minimum Gasteiger partial charge on any atom is -0.401 e. The van der Waals surface area contributed by atoms with Crippen LogP contribution < -0.4 is 21.7 Å². The number of rotatable bonds is 12. The monoisotopic (exact) mass is 532 g/mol. The molecule has 1 aliphatic heterocycles. The van der Waals surface area contributed by atoms with E-state index in [1.54, 1.807) is 0 Å². The lowest BCUT2D eigenvalue weighted by atomic mass is 9.99. The number of carbonyl (C=O) groups is 1. The lowest BCUT2D eigenvalue weighted by Gasteiger charge is -2.30. The summed E-state index contributed by atoms with van der Waals surface area (Å²) in [7, 11) is 1.90. The quantitative estimate of drug-likeness (QED) is 0.263. The number of amides is 1. The van der Waals surface area contributed by atoms with Gasteiger partial charge < -0.3 is 21.7 Å².